The molecule has 1 heterocycles. The van der Waals surface area contributed by atoms with Crippen LogP contribution in [0.3, 0.4) is 0 Å². The number of fused-ring (bicyclic) bond motifs is 1. The van der Waals surface area contributed by atoms with Crippen LogP contribution in [0.15, 0.2) is 48.0 Å². The van der Waals surface area contributed by atoms with Gasteiger partial charge in [-0.2, -0.15) is 0 Å². The van der Waals surface area contributed by atoms with Gasteiger partial charge in [0.2, 0.25) is 0 Å². The molecule has 0 saturated heterocycles. The van der Waals surface area contributed by atoms with Crippen LogP contribution >= 0.6 is 0 Å². The second-order valence-electron chi connectivity index (χ2n) is 4.75. The predicted octanol–water partition coefficient (Wildman–Crippen LogP) is 3.61. The van der Waals surface area contributed by atoms with Gasteiger partial charge >= 0.3 is 0 Å². The smallest absolute Gasteiger partial charge is 0.0211 e. The van der Waals surface area contributed by atoms with Gasteiger partial charge < -0.3 is 5.32 Å². The summed E-state index contributed by atoms with van der Waals surface area (Å²) in [6.45, 7) is 4.37. The first-order valence-electron chi connectivity index (χ1n) is 6.23. The van der Waals surface area contributed by atoms with Crippen LogP contribution in [0.1, 0.15) is 18.9 Å². The molecule has 0 aliphatic carbocycles. The molecule has 0 spiro atoms. The summed E-state index contributed by atoms with van der Waals surface area (Å²) in [5.41, 5.74) is 4.37. The maximum absolute atomic E-state index is 3.45. The molecule has 3 rings (SSSR count). The Labute approximate surface area is 102 Å². The van der Waals surface area contributed by atoms with Crippen LogP contribution < -0.4 is 5.32 Å². The van der Waals surface area contributed by atoms with Crippen molar-refractivity contribution in [3.05, 3.63) is 53.6 Å². The van der Waals surface area contributed by atoms with Crippen molar-refractivity contribution in [1.82, 2.24) is 5.32 Å². The van der Waals surface area contributed by atoms with Crippen molar-refractivity contribution >= 4 is 16.3 Å². The van der Waals surface area contributed by atoms with Crippen LogP contribution in [0.2, 0.25) is 0 Å². The van der Waals surface area contributed by atoms with E-state index in [0.717, 1.165) is 13.1 Å². The topological polar surface area (TPSA) is 12.0 Å². The van der Waals surface area contributed by atoms with E-state index >= 15 is 0 Å². The molecule has 2 aromatic rings. The van der Waals surface area contributed by atoms with Gasteiger partial charge in [0.1, 0.15) is 0 Å². The summed E-state index contributed by atoms with van der Waals surface area (Å²) in [5.74, 6) is 0. The van der Waals surface area contributed by atoms with E-state index in [0.29, 0.717) is 0 Å². The minimum Gasteiger partial charge on any atom is -0.312 e. The third-order valence-electron chi connectivity index (χ3n) is 3.59. The fraction of sp³-hybridized carbons (Fsp3) is 0.250. The summed E-state index contributed by atoms with van der Waals surface area (Å²) < 4.78 is 0. The molecule has 0 saturated carbocycles. The third kappa shape index (κ3) is 1.98. The Morgan fingerprint density at radius 2 is 1.82 bits per heavy atom. The molecule has 0 aromatic heterocycles. The largest absolute Gasteiger partial charge is 0.312 e. The molecule has 1 heteroatoms. The molecule has 0 unspecified atom stereocenters. The highest BCUT2D eigenvalue weighted by Gasteiger charge is 2.10. The minimum atomic E-state index is 1.00. The van der Waals surface area contributed by atoms with Crippen molar-refractivity contribution in [3.8, 4) is 0 Å². The summed E-state index contributed by atoms with van der Waals surface area (Å²) in [5, 5.41) is 6.10. The van der Waals surface area contributed by atoms with E-state index in [4.69, 9.17) is 0 Å². The molecule has 17 heavy (non-hydrogen) atoms. The van der Waals surface area contributed by atoms with Gasteiger partial charge in [-0.3, -0.25) is 0 Å². The van der Waals surface area contributed by atoms with E-state index in [2.05, 4.69) is 54.7 Å². The molecule has 0 atom stereocenters. The van der Waals surface area contributed by atoms with E-state index in [1.165, 1.54) is 33.9 Å². The highest BCUT2D eigenvalue weighted by atomic mass is 14.9. The molecule has 86 valence electrons. The molecule has 0 fully saturated rings. The van der Waals surface area contributed by atoms with Gasteiger partial charge in [-0.15, -0.1) is 0 Å². The van der Waals surface area contributed by atoms with Gasteiger partial charge in [0.15, 0.2) is 0 Å². The Morgan fingerprint density at radius 3 is 2.65 bits per heavy atom. The Morgan fingerprint density at radius 1 is 1.00 bits per heavy atom. The van der Waals surface area contributed by atoms with Gasteiger partial charge in [-0.25, -0.2) is 0 Å². The molecule has 1 aliphatic rings. The summed E-state index contributed by atoms with van der Waals surface area (Å²) in [4.78, 5) is 0. The molecular weight excluding hydrogens is 206 g/mol. The average Bonchev–Trinajstić information content (AvgIpc) is 2.39. The second kappa shape index (κ2) is 4.34. The number of rotatable bonds is 1. The van der Waals surface area contributed by atoms with E-state index in [1.807, 2.05) is 0 Å². The first kappa shape index (κ1) is 10.5. The predicted molar refractivity (Wildman–Crippen MR) is 74.0 cm³/mol. The summed E-state index contributed by atoms with van der Waals surface area (Å²) in [7, 11) is 0. The van der Waals surface area contributed by atoms with Crippen molar-refractivity contribution in [2.45, 2.75) is 13.3 Å². The van der Waals surface area contributed by atoms with Crippen LogP contribution in [0, 0.1) is 0 Å². The van der Waals surface area contributed by atoms with E-state index in [1.54, 1.807) is 0 Å². The summed E-state index contributed by atoms with van der Waals surface area (Å²) >= 11 is 0. The zero-order valence-electron chi connectivity index (χ0n) is 10.2. The van der Waals surface area contributed by atoms with Crippen LogP contribution in [0.5, 0.6) is 0 Å². The first-order chi connectivity index (χ1) is 8.34. The van der Waals surface area contributed by atoms with Crippen molar-refractivity contribution in [3.63, 3.8) is 0 Å². The van der Waals surface area contributed by atoms with Gasteiger partial charge in [0, 0.05) is 6.54 Å². The molecular formula is C16H17N. The third-order valence-corrected chi connectivity index (χ3v) is 3.59. The Hall–Kier alpha value is -1.60. The summed E-state index contributed by atoms with van der Waals surface area (Å²) in [6.07, 6.45) is 1.17. The van der Waals surface area contributed by atoms with E-state index < -0.39 is 0 Å². The van der Waals surface area contributed by atoms with Crippen molar-refractivity contribution in [2.24, 2.45) is 0 Å². The van der Waals surface area contributed by atoms with Crippen LogP contribution in [-0.2, 0) is 0 Å². The van der Waals surface area contributed by atoms with Gasteiger partial charge in [-0.1, -0.05) is 42.0 Å². The lowest BCUT2D eigenvalue weighted by Gasteiger charge is -2.19. The molecule has 1 N–H and O–H groups in total. The quantitative estimate of drug-likeness (QED) is 0.778. The average molecular weight is 223 g/mol. The van der Waals surface area contributed by atoms with Crippen molar-refractivity contribution in [1.29, 1.82) is 0 Å². The number of nitrogens with one attached hydrogen (secondary N) is 1. The molecule has 2 aromatic carbocycles. The number of hydrogen-bond donors (Lipinski definition) is 1. The number of hydrogen-bond acceptors (Lipinski definition) is 1. The Balaban J connectivity index is 2.11. The Bertz CT molecular complexity index is 581. The first-order valence-corrected chi connectivity index (χ1v) is 6.23. The maximum atomic E-state index is 3.45. The highest BCUT2D eigenvalue weighted by Crippen LogP contribution is 2.25. The van der Waals surface area contributed by atoms with E-state index in [-0.39, 0.29) is 0 Å². The molecule has 1 nitrogen and oxygen atoms in total. The lowest BCUT2D eigenvalue weighted by atomic mass is 9.94. The lowest BCUT2D eigenvalue weighted by molar-refractivity contribution is 0.715. The van der Waals surface area contributed by atoms with Crippen molar-refractivity contribution < 1.29 is 0 Å². The molecule has 0 bridgehead atoms. The second-order valence-corrected chi connectivity index (χ2v) is 4.75. The van der Waals surface area contributed by atoms with Crippen molar-refractivity contribution in [2.75, 3.05) is 13.1 Å². The van der Waals surface area contributed by atoms with Crippen LogP contribution in [-0.4, -0.2) is 13.1 Å². The Kier molecular flexibility index (Phi) is 2.69. The molecule has 0 radical (unpaired) electrons. The van der Waals surface area contributed by atoms with Crippen LogP contribution in [0.4, 0.5) is 0 Å². The van der Waals surface area contributed by atoms with Gasteiger partial charge in [0.25, 0.3) is 0 Å². The monoisotopic (exact) mass is 223 g/mol. The number of benzene rings is 2. The normalized spacial score (nSPS) is 16.5. The fourth-order valence-electron chi connectivity index (χ4n) is 2.52. The zero-order chi connectivity index (χ0) is 11.7. The maximum Gasteiger partial charge on any atom is 0.0211 e. The lowest BCUT2D eigenvalue weighted by Crippen LogP contribution is -2.23. The van der Waals surface area contributed by atoms with E-state index in [9.17, 15) is 0 Å². The highest BCUT2D eigenvalue weighted by molar-refractivity contribution is 5.87. The molecule has 1 aliphatic heterocycles. The fourth-order valence-corrected chi connectivity index (χ4v) is 2.52. The standard InChI is InChI=1S/C16H17N/c1-12-8-9-17-11-16(12)15-7-6-13-4-2-3-5-14(13)10-15/h2-7,10,17H,8-9,11H2,1H3. The minimum absolute atomic E-state index is 1.00. The van der Waals surface area contributed by atoms with Gasteiger partial charge in [0.05, 0.1) is 0 Å². The SMILES string of the molecule is CC1=C(c2ccc3ccccc3c2)CNCC1. The van der Waals surface area contributed by atoms with Crippen LogP contribution in [0.25, 0.3) is 16.3 Å². The van der Waals surface area contributed by atoms with Gasteiger partial charge in [-0.05, 0) is 47.9 Å². The summed E-state index contributed by atoms with van der Waals surface area (Å²) in [6, 6.07) is 15.3. The zero-order valence-corrected chi connectivity index (χ0v) is 10.2. The molecule has 0 amide bonds.